The van der Waals surface area contributed by atoms with Gasteiger partial charge in [-0.05, 0) is 34.8 Å². The van der Waals surface area contributed by atoms with Crippen molar-refractivity contribution in [2.75, 3.05) is 13.1 Å². The Balaban J connectivity index is 1.95. The lowest BCUT2D eigenvalue weighted by Crippen LogP contribution is -2.58. The monoisotopic (exact) mass is 347 g/mol. The minimum Gasteiger partial charge on any atom is -0.315 e. The highest BCUT2D eigenvalue weighted by atomic mass is 79.9. The molecule has 3 nitrogen and oxygen atoms in total. The van der Waals surface area contributed by atoms with Crippen molar-refractivity contribution in [2.45, 2.75) is 32.1 Å². The third kappa shape index (κ3) is 2.55. The van der Waals surface area contributed by atoms with Crippen molar-refractivity contribution in [3.63, 3.8) is 0 Å². The molecule has 0 radical (unpaired) electrons. The molecular weight excluding hydrogens is 326 g/mol. The molecule has 1 aliphatic heterocycles. The van der Waals surface area contributed by atoms with Crippen molar-refractivity contribution in [3.05, 3.63) is 51.3 Å². The molecule has 2 aromatic rings. The molecule has 0 amide bonds. The van der Waals surface area contributed by atoms with Gasteiger partial charge in [0, 0.05) is 32.0 Å². The molecule has 3 rings (SSSR count). The highest BCUT2D eigenvalue weighted by molar-refractivity contribution is 9.10. The summed E-state index contributed by atoms with van der Waals surface area (Å²) >= 11 is 3.75. The van der Waals surface area contributed by atoms with E-state index in [1.165, 1.54) is 21.3 Å². The zero-order valence-electron chi connectivity index (χ0n) is 12.9. The number of aryl methyl sites for hydroxylation is 3. The van der Waals surface area contributed by atoms with Crippen molar-refractivity contribution >= 4 is 15.9 Å². The second-order valence-corrected chi connectivity index (χ2v) is 6.90. The Labute approximate surface area is 134 Å². The minimum absolute atomic E-state index is 0.203. The second kappa shape index (κ2) is 5.58. The molecule has 1 aromatic carbocycles. The quantitative estimate of drug-likeness (QED) is 0.920. The molecule has 1 fully saturated rings. The summed E-state index contributed by atoms with van der Waals surface area (Å²) in [5.41, 5.74) is 5.40. The van der Waals surface area contributed by atoms with Gasteiger partial charge in [-0.2, -0.15) is 5.10 Å². The van der Waals surface area contributed by atoms with Gasteiger partial charge in [0.1, 0.15) is 0 Å². The standard InChI is InChI=1S/C17H22BrN3/c1-4-14-16(18)15(21(3)20-14)9-17(10-19-11-17)13-7-5-12(2)6-8-13/h5-8,19H,4,9-11H2,1-3H3. The molecule has 21 heavy (non-hydrogen) atoms. The third-order valence-corrected chi connectivity index (χ3v) is 5.51. The van der Waals surface area contributed by atoms with E-state index in [9.17, 15) is 0 Å². The van der Waals surface area contributed by atoms with Crippen LogP contribution < -0.4 is 5.32 Å². The van der Waals surface area contributed by atoms with Gasteiger partial charge >= 0.3 is 0 Å². The Bertz CT molecular complexity index is 639. The van der Waals surface area contributed by atoms with Gasteiger partial charge in [0.2, 0.25) is 0 Å². The van der Waals surface area contributed by atoms with Crippen LogP contribution in [-0.4, -0.2) is 22.9 Å². The number of benzene rings is 1. The molecule has 0 spiro atoms. The molecule has 0 aliphatic carbocycles. The molecule has 0 atom stereocenters. The van der Waals surface area contributed by atoms with Crippen LogP contribution in [-0.2, 0) is 25.3 Å². The predicted molar refractivity (Wildman–Crippen MR) is 89.7 cm³/mol. The fourth-order valence-corrected chi connectivity index (χ4v) is 3.85. The summed E-state index contributed by atoms with van der Waals surface area (Å²) < 4.78 is 3.22. The lowest BCUT2D eigenvalue weighted by atomic mass is 9.71. The first kappa shape index (κ1) is 14.8. The number of nitrogens with one attached hydrogen (secondary N) is 1. The SMILES string of the molecule is CCc1nn(C)c(CC2(c3ccc(C)cc3)CNC2)c1Br. The maximum absolute atomic E-state index is 4.63. The van der Waals surface area contributed by atoms with Crippen LogP contribution >= 0.6 is 15.9 Å². The van der Waals surface area contributed by atoms with Gasteiger partial charge in [0.05, 0.1) is 15.9 Å². The normalized spacial score (nSPS) is 16.8. The first-order valence-corrected chi connectivity index (χ1v) is 8.33. The Hall–Kier alpha value is -1.13. The smallest absolute Gasteiger partial charge is 0.0766 e. The average molecular weight is 348 g/mol. The van der Waals surface area contributed by atoms with E-state index in [2.05, 4.69) is 64.5 Å². The Morgan fingerprint density at radius 2 is 1.95 bits per heavy atom. The van der Waals surface area contributed by atoms with Crippen LogP contribution in [0.15, 0.2) is 28.7 Å². The summed E-state index contributed by atoms with van der Waals surface area (Å²) in [5, 5.41) is 8.08. The van der Waals surface area contributed by atoms with Gasteiger partial charge in [-0.1, -0.05) is 36.8 Å². The molecule has 1 aliphatic rings. The summed E-state index contributed by atoms with van der Waals surface area (Å²) in [7, 11) is 2.05. The Morgan fingerprint density at radius 1 is 1.29 bits per heavy atom. The molecule has 1 aromatic heterocycles. The van der Waals surface area contributed by atoms with Gasteiger partial charge in [0.25, 0.3) is 0 Å². The lowest BCUT2D eigenvalue weighted by molar-refractivity contribution is 0.269. The van der Waals surface area contributed by atoms with Gasteiger partial charge in [0.15, 0.2) is 0 Å². The highest BCUT2D eigenvalue weighted by Gasteiger charge is 2.40. The zero-order chi connectivity index (χ0) is 15.0. The van der Waals surface area contributed by atoms with Gasteiger partial charge in [-0.3, -0.25) is 4.68 Å². The summed E-state index contributed by atoms with van der Waals surface area (Å²) in [6.07, 6.45) is 1.98. The predicted octanol–water partition coefficient (Wildman–Crippen LogP) is 3.14. The van der Waals surface area contributed by atoms with E-state index in [1.807, 2.05) is 11.7 Å². The fourth-order valence-electron chi connectivity index (χ4n) is 3.10. The van der Waals surface area contributed by atoms with E-state index in [1.54, 1.807) is 0 Å². The summed E-state index contributed by atoms with van der Waals surface area (Å²) in [5.74, 6) is 0. The molecule has 0 bridgehead atoms. The van der Waals surface area contributed by atoms with Gasteiger partial charge in [-0.25, -0.2) is 0 Å². The Kier molecular flexibility index (Phi) is 3.93. The fraction of sp³-hybridized carbons (Fsp3) is 0.471. The van der Waals surface area contributed by atoms with Crippen LogP contribution in [0, 0.1) is 6.92 Å². The second-order valence-electron chi connectivity index (χ2n) is 6.11. The molecule has 0 saturated carbocycles. The van der Waals surface area contributed by atoms with Crippen LogP contribution in [0.5, 0.6) is 0 Å². The van der Waals surface area contributed by atoms with Crippen molar-refractivity contribution < 1.29 is 0 Å². The van der Waals surface area contributed by atoms with Crippen LogP contribution in [0.2, 0.25) is 0 Å². The number of hydrogen-bond donors (Lipinski definition) is 1. The molecule has 1 saturated heterocycles. The summed E-state index contributed by atoms with van der Waals surface area (Å²) in [6.45, 7) is 6.36. The topological polar surface area (TPSA) is 29.9 Å². The van der Waals surface area contributed by atoms with E-state index in [4.69, 9.17) is 0 Å². The Morgan fingerprint density at radius 3 is 2.43 bits per heavy atom. The maximum Gasteiger partial charge on any atom is 0.0766 e. The van der Waals surface area contributed by atoms with Crippen molar-refractivity contribution in [3.8, 4) is 0 Å². The first-order valence-electron chi connectivity index (χ1n) is 7.54. The van der Waals surface area contributed by atoms with E-state index in [0.717, 1.165) is 31.6 Å². The number of halogens is 1. The number of nitrogens with zero attached hydrogens (tertiary/aromatic N) is 2. The minimum atomic E-state index is 0.203. The van der Waals surface area contributed by atoms with Crippen molar-refractivity contribution in [2.24, 2.45) is 7.05 Å². The van der Waals surface area contributed by atoms with Crippen LogP contribution in [0.25, 0.3) is 0 Å². The van der Waals surface area contributed by atoms with E-state index in [0.29, 0.717) is 0 Å². The maximum atomic E-state index is 4.63. The van der Waals surface area contributed by atoms with Crippen molar-refractivity contribution in [1.82, 2.24) is 15.1 Å². The van der Waals surface area contributed by atoms with E-state index in [-0.39, 0.29) is 5.41 Å². The zero-order valence-corrected chi connectivity index (χ0v) is 14.5. The average Bonchev–Trinajstić information content (AvgIpc) is 2.70. The third-order valence-electron chi connectivity index (χ3n) is 4.60. The van der Waals surface area contributed by atoms with Crippen LogP contribution in [0.1, 0.15) is 29.4 Å². The summed E-state index contributed by atoms with van der Waals surface area (Å²) in [6, 6.07) is 8.98. The summed E-state index contributed by atoms with van der Waals surface area (Å²) in [4.78, 5) is 0. The molecule has 112 valence electrons. The molecule has 0 unspecified atom stereocenters. The molecule has 2 heterocycles. The first-order chi connectivity index (χ1) is 10.1. The number of rotatable bonds is 4. The highest BCUT2D eigenvalue weighted by Crippen LogP contribution is 2.35. The molecule has 4 heteroatoms. The van der Waals surface area contributed by atoms with Crippen LogP contribution in [0.3, 0.4) is 0 Å². The number of aromatic nitrogens is 2. The van der Waals surface area contributed by atoms with Gasteiger partial charge in [-0.15, -0.1) is 0 Å². The van der Waals surface area contributed by atoms with Crippen molar-refractivity contribution in [1.29, 1.82) is 0 Å². The van der Waals surface area contributed by atoms with Gasteiger partial charge < -0.3 is 5.32 Å². The molecule has 1 N–H and O–H groups in total. The lowest BCUT2D eigenvalue weighted by Gasteiger charge is -2.43. The van der Waals surface area contributed by atoms with Crippen LogP contribution in [0.4, 0.5) is 0 Å². The van der Waals surface area contributed by atoms with E-state index >= 15 is 0 Å². The molecular formula is C17H22BrN3. The largest absolute Gasteiger partial charge is 0.315 e. The number of hydrogen-bond acceptors (Lipinski definition) is 2. The van der Waals surface area contributed by atoms with E-state index < -0.39 is 0 Å².